The molecule has 10 heteroatoms. The molecule has 2 N–H and O–H groups in total. The van der Waals surface area contributed by atoms with Crippen LogP contribution in [0.15, 0.2) is 34.1 Å². The van der Waals surface area contributed by atoms with E-state index in [9.17, 15) is 21.6 Å². The van der Waals surface area contributed by atoms with E-state index < -0.39 is 32.1 Å². The minimum atomic E-state index is -4.13. The second-order valence-electron chi connectivity index (χ2n) is 5.62. The highest BCUT2D eigenvalue weighted by molar-refractivity contribution is 7.90. The van der Waals surface area contributed by atoms with Crippen molar-refractivity contribution in [2.24, 2.45) is 0 Å². The number of aliphatic carboxylic acids is 1. The van der Waals surface area contributed by atoms with Crippen LogP contribution < -0.4 is 4.72 Å². The van der Waals surface area contributed by atoms with Gasteiger partial charge in [-0.3, -0.25) is 4.79 Å². The third-order valence-electron chi connectivity index (χ3n) is 3.77. The lowest BCUT2D eigenvalue weighted by atomic mass is 10.2. The molecular weight excluding hydrogens is 356 g/mol. The molecular formula is C14H20N2O6S2. The molecule has 0 bridgehead atoms. The van der Waals surface area contributed by atoms with E-state index in [-0.39, 0.29) is 9.79 Å². The van der Waals surface area contributed by atoms with Crippen molar-refractivity contribution < 1.29 is 26.7 Å². The van der Waals surface area contributed by atoms with Gasteiger partial charge in [0.2, 0.25) is 20.0 Å². The zero-order chi connectivity index (χ0) is 18.0. The van der Waals surface area contributed by atoms with E-state index in [2.05, 4.69) is 0 Å². The molecule has 1 aliphatic rings. The van der Waals surface area contributed by atoms with Gasteiger partial charge in [0, 0.05) is 13.1 Å². The van der Waals surface area contributed by atoms with Gasteiger partial charge in [0.25, 0.3) is 0 Å². The van der Waals surface area contributed by atoms with Crippen LogP contribution in [-0.4, -0.2) is 51.3 Å². The molecule has 1 atom stereocenters. The lowest BCUT2D eigenvalue weighted by molar-refractivity contribution is -0.138. The maximum absolute atomic E-state index is 12.6. The molecule has 134 valence electrons. The van der Waals surface area contributed by atoms with E-state index in [0.717, 1.165) is 25.3 Å². The van der Waals surface area contributed by atoms with E-state index in [1.54, 1.807) is 0 Å². The first kappa shape index (κ1) is 18.8. The Bertz CT molecular complexity index is 813. The third kappa shape index (κ3) is 4.12. The van der Waals surface area contributed by atoms with Crippen molar-refractivity contribution in [1.82, 2.24) is 9.03 Å². The van der Waals surface area contributed by atoms with Crippen LogP contribution in [0.5, 0.6) is 0 Å². The van der Waals surface area contributed by atoms with Crippen molar-refractivity contribution in [2.75, 3.05) is 13.1 Å². The highest BCUT2D eigenvalue weighted by Gasteiger charge is 2.28. The molecule has 8 nitrogen and oxygen atoms in total. The second kappa shape index (κ2) is 7.18. The molecule has 1 saturated heterocycles. The molecule has 1 aromatic carbocycles. The van der Waals surface area contributed by atoms with Gasteiger partial charge >= 0.3 is 5.97 Å². The minimum Gasteiger partial charge on any atom is -0.480 e. The zero-order valence-electron chi connectivity index (χ0n) is 13.2. The molecule has 1 fully saturated rings. The second-order valence-corrected chi connectivity index (χ2v) is 9.27. The summed E-state index contributed by atoms with van der Waals surface area (Å²) in [4.78, 5) is 10.4. The molecule has 0 amide bonds. The van der Waals surface area contributed by atoms with Gasteiger partial charge in [-0.1, -0.05) is 12.5 Å². The summed E-state index contributed by atoms with van der Waals surface area (Å²) in [5, 5.41) is 8.82. The van der Waals surface area contributed by atoms with Crippen molar-refractivity contribution in [1.29, 1.82) is 0 Å². The number of carboxylic acids is 1. The summed E-state index contributed by atoms with van der Waals surface area (Å²) in [6, 6.07) is 3.63. The Morgan fingerprint density at radius 2 is 1.71 bits per heavy atom. The van der Waals surface area contributed by atoms with Crippen molar-refractivity contribution in [2.45, 2.75) is 42.0 Å². The molecule has 1 unspecified atom stereocenters. The summed E-state index contributed by atoms with van der Waals surface area (Å²) in [7, 11) is -7.90. The molecule has 24 heavy (non-hydrogen) atoms. The van der Waals surface area contributed by atoms with Gasteiger partial charge in [0.15, 0.2) is 0 Å². The molecule has 0 aliphatic carbocycles. The van der Waals surface area contributed by atoms with Crippen LogP contribution in [0.1, 0.15) is 26.2 Å². The number of carbonyl (C=O) groups is 1. The van der Waals surface area contributed by atoms with Gasteiger partial charge in [0.05, 0.1) is 9.79 Å². The number of nitrogens with zero attached hydrogens (tertiary/aromatic N) is 1. The Hall–Kier alpha value is -1.49. The first-order chi connectivity index (χ1) is 11.1. The normalized spacial score (nSPS) is 18.2. The summed E-state index contributed by atoms with van der Waals surface area (Å²) >= 11 is 0. The summed E-state index contributed by atoms with van der Waals surface area (Å²) in [5.74, 6) is -1.32. The van der Waals surface area contributed by atoms with E-state index in [1.165, 1.54) is 29.4 Å². The molecule has 1 heterocycles. The van der Waals surface area contributed by atoms with Gasteiger partial charge in [0.1, 0.15) is 6.04 Å². The average molecular weight is 376 g/mol. The number of piperidine rings is 1. The van der Waals surface area contributed by atoms with Gasteiger partial charge in [-0.05, 0) is 38.0 Å². The van der Waals surface area contributed by atoms with E-state index in [4.69, 9.17) is 5.11 Å². The Balaban J connectivity index is 2.33. The summed E-state index contributed by atoms with van der Waals surface area (Å²) in [5.41, 5.74) is 0. The molecule has 0 spiro atoms. The van der Waals surface area contributed by atoms with Crippen LogP contribution in [0.2, 0.25) is 0 Å². The molecule has 2 rings (SSSR count). The highest BCUT2D eigenvalue weighted by Crippen LogP contribution is 2.22. The van der Waals surface area contributed by atoms with Crippen LogP contribution in [0.3, 0.4) is 0 Å². The monoisotopic (exact) mass is 376 g/mol. The number of sulfonamides is 2. The van der Waals surface area contributed by atoms with Gasteiger partial charge in [-0.2, -0.15) is 9.03 Å². The van der Waals surface area contributed by atoms with E-state index >= 15 is 0 Å². The quantitative estimate of drug-likeness (QED) is 0.750. The van der Waals surface area contributed by atoms with Gasteiger partial charge in [-0.25, -0.2) is 16.8 Å². The third-order valence-corrected chi connectivity index (χ3v) is 7.20. The average Bonchev–Trinajstić information content (AvgIpc) is 2.55. The van der Waals surface area contributed by atoms with Gasteiger partial charge in [-0.15, -0.1) is 0 Å². The van der Waals surface area contributed by atoms with Crippen molar-refractivity contribution in [3.63, 3.8) is 0 Å². The van der Waals surface area contributed by atoms with Crippen LogP contribution in [-0.2, 0) is 24.8 Å². The molecule has 0 radical (unpaired) electrons. The topological polar surface area (TPSA) is 121 Å². The Kier molecular flexibility index (Phi) is 5.63. The Morgan fingerprint density at radius 1 is 1.12 bits per heavy atom. The van der Waals surface area contributed by atoms with E-state index in [1.807, 2.05) is 4.72 Å². The minimum absolute atomic E-state index is 0.116. The van der Waals surface area contributed by atoms with Crippen LogP contribution >= 0.6 is 0 Å². The van der Waals surface area contributed by atoms with Gasteiger partial charge < -0.3 is 5.11 Å². The first-order valence-electron chi connectivity index (χ1n) is 7.50. The summed E-state index contributed by atoms with van der Waals surface area (Å²) < 4.78 is 53.0. The lowest BCUT2D eigenvalue weighted by Gasteiger charge is -2.26. The summed E-state index contributed by atoms with van der Waals surface area (Å²) in [6.07, 6.45) is 2.52. The first-order valence-corrected chi connectivity index (χ1v) is 10.4. The fraction of sp³-hybridized carbons (Fsp3) is 0.500. The fourth-order valence-electron chi connectivity index (χ4n) is 2.41. The number of hydrogen-bond acceptors (Lipinski definition) is 5. The lowest BCUT2D eigenvalue weighted by Crippen LogP contribution is -2.38. The van der Waals surface area contributed by atoms with Crippen molar-refractivity contribution in [3.8, 4) is 0 Å². The highest BCUT2D eigenvalue weighted by atomic mass is 32.2. The van der Waals surface area contributed by atoms with Crippen LogP contribution in [0.25, 0.3) is 0 Å². The molecule has 1 aromatic rings. The number of carboxylic acid groups (broad SMARTS) is 1. The number of hydrogen-bond donors (Lipinski definition) is 2. The number of nitrogens with one attached hydrogen (secondary N) is 1. The van der Waals surface area contributed by atoms with Crippen molar-refractivity contribution >= 4 is 26.0 Å². The standard InChI is InChI=1S/C14H20N2O6S2/c1-11(14(17)18)15-23(19,20)12-6-5-7-13(10-12)24(21,22)16-8-3-2-4-9-16/h5-7,10-11,15H,2-4,8-9H2,1H3,(H,17,18). The Morgan fingerprint density at radius 3 is 2.29 bits per heavy atom. The maximum Gasteiger partial charge on any atom is 0.321 e. The van der Waals surface area contributed by atoms with E-state index in [0.29, 0.717) is 13.1 Å². The van der Waals surface area contributed by atoms with Crippen molar-refractivity contribution in [3.05, 3.63) is 24.3 Å². The largest absolute Gasteiger partial charge is 0.480 e. The maximum atomic E-state index is 12.6. The predicted molar refractivity (Wildman–Crippen MR) is 86.5 cm³/mol. The molecule has 0 aromatic heterocycles. The SMILES string of the molecule is CC(NS(=O)(=O)c1cccc(S(=O)(=O)N2CCCCC2)c1)C(=O)O. The fourth-order valence-corrected chi connectivity index (χ4v) is 5.29. The zero-order valence-corrected chi connectivity index (χ0v) is 14.8. The molecule has 0 saturated carbocycles. The van der Waals surface area contributed by atoms with Crippen LogP contribution in [0.4, 0.5) is 0 Å². The Labute approximate surface area is 141 Å². The number of rotatable bonds is 6. The van der Waals surface area contributed by atoms with Crippen LogP contribution in [0, 0.1) is 0 Å². The molecule has 1 aliphatic heterocycles. The number of benzene rings is 1. The predicted octanol–water partition coefficient (Wildman–Crippen LogP) is 0.613. The summed E-state index contributed by atoms with van der Waals surface area (Å²) in [6.45, 7) is 2.01. The smallest absolute Gasteiger partial charge is 0.321 e.